The number of fused-ring (bicyclic) bond motifs is 9. The Morgan fingerprint density at radius 3 is 1.90 bits per heavy atom. The van der Waals surface area contributed by atoms with Crippen molar-refractivity contribution in [1.29, 1.82) is 0 Å². The van der Waals surface area contributed by atoms with Crippen molar-refractivity contribution in [3.63, 3.8) is 0 Å². The van der Waals surface area contributed by atoms with Crippen LogP contribution in [0.5, 0.6) is 0 Å². The van der Waals surface area contributed by atoms with E-state index in [4.69, 9.17) is 8.83 Å². The highest BCUT2D eigenvalue weighted by Gasteiger charge is 2.19. The number of rotatable bonds is 2. The van der Waals surface area contributed by atoms with Crippen molar-refractivity contribution in [3.8, 4) is 16.8 Å². The molecule has 9 rings (SSSR count). The highest BCUT2D eigenvalue weighted by molar-refractivity contribution is 6.17. The second-order valence-corrected chi connectivity index (χ2v) is 10.2. The fourth-order valence-corrected chi connectivity index (χ4v) is 6.14. The number of hydrogen-bond donors (Lipinski definition) is 0. The van der Waals surface area contributed by atoms with Gasteiger partial charge in [-0.2, -0.15) is 0 Å². The van der Waals surface area contributed by atoms with Gasteiger partial charge in [-0.1, -0.05) is 66.7 Å². The maximum absolute atomic E-state index is 6.57. The van der Waals surface area contributed by atoms with Gasteiger partial charge in [0.2, 0.25) is 0 Å². The number of benzene rings is 6. The summed E-state index contributed by atoms with van der Waals surface area (Å²) in [6, 6.07) is 44.7. The van der Waals surface area contributed by atoms with Gasteiger partial charge in [-0.3, -0.25) is 0 Å². The molecule has 3 aromatic heterocycles. The molecule has 39 heavy (non-hydrogen) atoms. The zero-order chi connectivity index (χ0) is 25.5. The van der Waals surface area contributed by atoms with Gasteiger partial charge in [-0.15, -0.1) is 0 Å². The average molecular weight is 500 g/mol. The highest BCUT2D eigenvalue weighted by atomic mass is 16.3. The van der Waals surface area contributed by atoms with Gasteiger partial charge in [0, 0.05) is 27.2 Å². The van der Waals surface area contributed by atoms with E-state index in [0.717, 1.165) is 71.7 Å². The summed E-state index contributed by atoms with van der Waals surface area (Å²) in [4.78, 5) is 0. The highest BCUT2D eigenvalue weighted by Crippen LogP contribution is 2.41. The summed E-state index contributed by atoms with van der Waals surface area (Å²) in [6.07, 6.45) is 0. The van der Waals surface area contributed by atoms with Gasteiger partial charge in [-0.25, -0.2) is 0 Å². The first-order chi connectivity index (χ1) is 19.3. The Hall–Kier alpha value is -5.28. The number of nitrogens with zero attached hydrogens (tertiary/aromatic N) is 1. The normalized spacial score (nSPS) is 12.1. The second-order valence-electron chi connectivity index (χ2n) is 10.2. The zero-order valence-corrected chi connectivity index (χ0v) is 20.9. The maximum atomic E-state index is 6.57. The van der Waals surface area contributed by atoms with Crippen molar-refractivity contribution in [3.05, 3.63) is 127 Å². The molecule has 9 aromatic rings. The third-order valence-corrected chi connectivity index (χ3v) is 7.96. The van der Waals surface area contributed by atoms with Crippen LogP contribution < -0.4 is 0 Å². The molecule has 0 spiro atoms. The molecule has 0 fully saturated rings. The van der Waals surface area contributed by atoms with E-state index in [1.807, 2.05) is 6.07 Å². The monoisotopic (exact) mass is 499 g/mol. The Balaban J connectivity index is 1.24. The molecule has 182 valence electrons. The molecular formula is C36H21NO2. The fourth-order valence-electron chi connectivity index (χ4n) is 6.14. The summed E-state index contributed by atoms with van der Waals surface area (Å²) >= 11 is 0. The Morgan fingerprint density at radius 2 is 1.08 bits per heavy atom. The largest absolute Gasteiger partial charge is 0.456 e. The van der Waals surface area contributed by atoms with Crippen LogP contribution in [0, 0.1) is 0 Å². The summed E-state index contributed by atoms with van der Waals surface area (Å²) in [5, 5.41) is 6.90. The number of hydrogen-bond acceptors (Lipinski definition) is 2. The summed E-state index contributed by atoms with van der Waals surface area (Å²) in [6.45, 7) is 0. The summed E-state index contributed by atoms with van der Waals surface area (Å²) in [7, 11) is 0. The van der Waals surface area contributed by atoms with E-state index in [1.54, 1.807) is 0 Å². The predicted octanol–water partition coefficient (Wildman–Crippen LogP) is 10.2. The zero-order valence-electron chi connectivity index (χ0n) is 20.9. The minimum Gasteiger partial charge on any atom is -0.456 e. The van der Waals surface area contributed by atoms with Crippen molar-refractivity contribution >= 4 is 65.7 Å². The molecule has 0 N–H and O–H groups in total. The lowest BCUT2D eigenvalue weighted by Crippen LogP contribution is -1.92. The lowest BCUT2D eigenvalue weighted by Gasteiger charge is -2.07. The van der Waals surface area contributed by atoms with Gasteiger partial charge < -0.3 is 13.4 Å². The van der Waals surface area contributed by atoms with Crippen LogP contribution in [0.2, 0.25) is 0 Å². The van der Waals surface area contributed by atoms with Crippen LogP contribution in [0.1, 0.15) is 0 Å². The maximum Gasteiger partial charge on any atom is 0.161 e. The average Bonchev–Trinajstić information content (AvgIpc) is 3.64. The Bertz CT molecular complexity index is 2390. The van der Waals surface area contributed by atoms with Crippen LogP contribution in [0.15, 0.2) is 136 Å². The second kappa shape index (κ2) is 7.62. The van der Waals surface area contributed by atoms with Crippen LogP contribution in [0.3, 0.4) is 0 Å². The van der Waals surface area contributed by atoms with E-state index in [2.05, 4.69) is 126 Å². The molecular weight excluding hydrogens is 478 g/mol. The van der Waals surface area contributed by atoms with Gasteiger partial charge in [0.15, 0.2) is 5.58 Å². The first-order valence-corrected chi connectivity index (χ1v) is 13.2. The molecule has 3 nitrogen and oxygen atoms in total. The lowest BCUT2D eigenvalue weighted by atomic mass is 10.0. The summed E-state index contributed by atoms with van der Waals surface area (Å²) < 4.78 is 15.2. The first-order valence-electron chi connectivity index (χ1n) is 13.2. The number of para-hydroxylation sites is 2. The molecule has 3 heteroatoms. The Labute approximate surface area is 223 Å². The molecule has 0 saturated heterocycles. The van der Waals surface area contributed by atoms with E-state index >= 15 is 0 Å². The SMILES string of the molecule is c1ccc(-n2c3ccccc3c3oc4cc(-c5ccc6c(c5)oc5cc7ccccc7cc56)ccc4c32)cc1. The number of aromatic nitrogens is 1. The van der Waals surface area contributed by atoms with E-state index in [9.17, 15) is 0 Å². The topological polar surface area (TPSA) is 31.2 Å². The van der Waals surface area contributed by atoms with Crippen LogP contribution in [0.25, 0.3) is 82.5 Å². The third-order valence-electron chi connectivity index (χ3n) is 7.96. The van der Waals surface area contributed by atoms with Gasteiger partial charge in [-0.05, 0) is 82.6 Å². The van der Waals surface area contributed by atoms with Crippen LogP contribution in [-0.2, 0) is 0 Å². The van der Waals surface area contributed by atoms with Crippen molar-refractivity contribution in [2.75, 3.05) is 0 Å². The minimum absolute atomic E-state index is 0.879. The minimum atomic E-state index is 0.879. The van der Waals surface area contributed by atoms with Gasteiger partial charge >= 0.3 is 0 Å². The first kappa shape index (κ1) is 20.7. The molecule has 6 aromatic carbocycles. The standard InChI is InChI=1S/C36H21NO2/c1-2-10-26(11-3-1)37-31-13-7-6-12-28(31)36-35(37)29-17-15-25(21-33(29)39-36)24-14-16-27-30-18-22-8-4-5-9-23(22)19-34(30)38-32(27)20-24/h1-21H. The summed E-state index contributed by atoms with van der Waals surface area (Å²) in [5.74, 6) is 0. The van der Waals surface area contributed by atoms with Crippen LogP contribution in [0.4, 0.5) is 0 Å². The van der Waals surface area contributed by atoms with E-state index in [-0.39, 0.29) is 0 Å². The van der Waals surface area contributed by atoms with Crippen LogP contribution in [-0.4, -0.2) is 4.57 Å². The fraction of sp³-hybridized carbons (Fsp3) is 0. The molecule has 0 radical (unpaired) electrons. The number of furan rings is 2. The van der Waals surface area contributed by atoms with E-state index < -0.39 is 0 Å². The quantitative estimate of drug-likeness (QED) is 0.237. The van der Waals surface area contributed by atoms with Crippen LogP contribution >= 0.6 is 0 Å². The third kappa shape index (κ3) is 2.93. The molecule has 0 bridgehead atoms. The molecule has 0 aliphatic rings. The van der Waals surface area contributed by atoms with E-state index in [1.165, 1.54) is 10.8 Å². The van der Waals surface area contributed by atoms with Crippen molar-refractivity contribution in [2.45, 2.75) is 0 Å². The Kier molecular flexibility index (Phi) is 4.05. The molecule has 0 saturated carbocycles. The molecule has 0 unspecified atom stereocenters. The van der Waals surface area contributed by atoms with Gasteiger partial charge in [0.05, 0.1) is 5.52 Å². The predicted molar refractivity (Wildman–Crippen MR) is 161 cm³/mol. The Morgan fingerprint density at radius 1 is 0.436 bits per heavy atom. The van der Waals surface area contributed by atoms with Crippen molar-refractivity contribution in [1.82, 2.24) is 4.57 Å². The van der Waals surface area contributed by atoms with E-state index in [0.29, 0.717) is 0 Å². The molecule has 0 atom stereocenters. The molecule has 0 aliphatic carbocycles. The molecule has 0 amide bonds. The molecule has 0 aliphatic heterocycles. The van der Waals surface area contributed by atoms with Crippen molar-refractivity contribution < 1.29 is 8.83 Å². The van der Waals surface area contributed by atoms with Crippen molar-refractivity contribution in [2.24, 2.45) is 0 Å². The lowest BCUT2D eigenvalue weighted by molar-refractivity contribution is 0.669. The summed E-state index contributed by atoms with van der Waals surface area (Å²) in [5.41, 5.74) is 9.17. The smallest absolute Gasteiger partial charge is 0.161 e. The van der Waals surface area contributed by atoms with Gasteiger partial charge in [0.25, 0.3) is 0 Å². The van der Waals surface area contributed by atoms with Gasteiger partial charge in [0.1, 0.15) is 22.3 Å². The molecule has 3 heterocycles.